The number of amides is 4. The molecule has 6 rings (SSSR count). The number of carbonyl (C=O) groups excluding carboxylic acids is 4. The van der Waals surface area contributed by atoms with Crippen LogP contribution in [0.3, 0.4) is 0 Å². The highest BCUT2D eigenvalue weighted by Gasteiger charge is 2.44. The molecule has 4 amide bonds. The van der Waals surface area contributed by atoms with Crippen molar-refractivity contribution < 1.29 is 36.7 Å². The minimum absolute atomic E-state index is 0.0319. The number of nitrogens with zero attached hydrogens (tertiary/aromatic N) is 3. The van der Waals surface area contributed by atoms with Crippen LogP contribution in [0.4, 0.5) is 17.6 Å². The fourth-order valence-electron chi connectivity index (χ4n) is 6.13. The van der Waals surface area contributed by atoms with Crippen LogP contribution >= 0.6 is 0 Å². The zero-order chi connectivity index (χ0) is 30.4. The number of halogens is 4. The molecule has 0 saturated carbocycles. The number of piperidine rings is 1. The average Bonchev–Trinajstić information content (AvgIpc) is 3.18. The summed E-state index contributed by atoms with van der Waals surface area (Å²) in [5, 5.41) is 2.17. The second-order valence-corrected chi connectivity index (χ2v) is 10.9. The molecule has 3 aromatic rings. The summed E-state index contributed by atoms with van der Waals surface area (Å²) >= 11 is 0. The van der Waals surface area contributed by atoms with Gasteiger partial charge in [-0.2, -0.15) is 0 Å². The largest absolute Gasteiger partial charge is 0.297 e. The maximum atomic E-state index is 14.1. The normalized spacial score (nSPS) is 19.7. The quantitative estimate of drug-likeness (QED) is 0.347. The fourth-order valence-corrected chi connectivity index (χ4v) is 6.13. The summed E-state index contributed by atoms with van der Waals surface area (Å²) in [7, 11) is 0. The van der Waals surface area contributed by atoms with Gasteiger partial charge in [-0.3, -0.25) is 39.2 Å². The fraction of sp³-hybridized carbons (Fsp3) is 0.290. The highest BCUT2D eigenvalue weighted by atomic mass is 19.1. The second kappa shape index (κ2) is 11.3. The Balaban J connectivity index is 1.17. The molecule has 0 radical (unpaired) electrons. The molecule has 3 heterocycles. The van der Waals surface area contributed by atoms with Crippen LogP contribution in [0.5, 0.6) is 0 Å². The van der Waals surface area contributed by atoms with Gasteiger partial charge in [-0.1, -0.05) is 6.07 Å². The summed E-state index contributed by atoms with van der Waals surface area (Å²) in [5.74, 6) is -5.47. The molecule has 222 valence electrons. The lowest BCUT2D eigenvalue weighted by atomic mass is 9.95. The molecule has 3 aromatic carbocycles. The van der Waals surface area contributed by atoms with E-state index in [1.165, 1.54) is 0 Å². The summed E-state index contributed by atoms with van der Waals surface area (Å²) in [6, 6.07) is 9.18. The van der Waals surface area contributed by atoms with Crippen LogP contribution in [0.25, 0.3) is 0 Å². The molecule has 2 fully saturated rings. The minimum atomic E-state index is -1.05. The number of hydrogen-bond acceptors (Lipinski definition) is 6. The van der Waals surface area contributed by atoms with Crippen molar-refractivity contribution in [1.82, 2.24) is 20.0 Å². The first-order valence-electron chi connectivity index (χ1n) is 13.8. The predicted octanol–water partition coefficient (Wildman–Crippen LogP) is 3.55. The van der Waals surface area contributed by atoms with E-state index in [0.29, 0.717) is 32.7 Å². The van der Waals surface area contributed by atoms with Crippen LogP contribution in [-0.2, 0) is 16.1 Å². The zero-order valence-corrected chi connectivity index (χ0v) is 22.8. The highest BCUT2D eigenvalue weighted by Crippen LogP contribution is 2.33. The molecule has 3 aliphatic heterocycles. The Kier molecular flexibility index (Phi) is 7.57. The van der Waals surface area contributed by atoms with Crippen LogP contribution in [0.2, 0.25) is 0 Å². The molecule has 12 heteroatoms. The molecular formula is C31H26F4N4O4. The molecule has 0 spiro atoms. The molecule has 8 nitrogen and oxygen atoms in total. The smallest absolute Gasteiger partial charge is 0.262 e. The number of imide groups is 2. The van der Waals surface area contributed by atoms with Crippen molar-refractivity contribution >= 4 is 23.6 Å². The first kappa shape index (κ1) is 28.7. The maximum Gasteiger partial charge on any atom is 0.262 e. The molecule has 43 heavy (non-hydrogen) atoms. The van der Waals surface area contributed by atoms with E-state index in [9.17, 15) is 36.7 Å². The molecule has 0 bridgehead atoms. The Labute approximate surface area is 243 Å². The molecule has 2 saturated heterocycles. The third-order valence-corrected chi connectivity index (χ3v) is 8.08. The van der Waals surface area contributed by atoms with Gasteiger partial charge in [-0.25, -0.2) is 17.6 Å². The first-order valence-corrected chi connectivity index (χ1v) is 13.8. The van der Waals surface area contributed by atoms with E-state index in [1.807, 2.05) is 4.90 Å². The van der Waals surface area contributed by atoms with Crippen molar-refractivity contribution in [2.24, 2.45) is 0 Å². The molecule has 1 unspecified atom stereocenters. The predicted molar refractivity (Wildman–Crippen MR) is 145 cm³/mol. The van der Waals surface area contributed by atoms with E-state index < -0.39 is 59.0 Å². The summed E-state index contributed by atoms with van der Waals surface area (Å²) in [6.45, 7) is 2.24. The minimum Gasteiger partial charge on any atom is -0.297 e. The summed E-state index contributed by atoms with van der Waals surface area (Å²) < 4.78 is 56.6. The third kappa shape index (κ3) is 5.67. The van der Waals surface area contributed by atoms with Crippen molar-refractivity contribution in [3.05, 3.63) is 106 Å². The molecule has 0 aromatic heterocycles. The van der Waals surface area contributed by atoms with Gasteiger partial charge in [-0.15, -0.1) is 0 Å². The van der Waals surface area contributed by atoms with Gasteiger partial charge < -0.3 is 0 Å². The average molecular weight is 595 g/mol. The standard InChI is InChI=1S/C31H26F4N4O4/c32-20-10-18(11-21(33)14-20)28(19-12-22(34)15-23(35)13-19)38-7-5-37(6-8-38)16-17-1-2-24-25(9-17)31(43)39(30(24)42)26-3-4-27(40)36-29(26)41/h1-2,9-15,26,28H,3-8,16H2,(H,36,40,41). The van der Waals surface area contributed by atoms with E-state index in [1.54, 1.807) is 18.2 Å². The van der Waals surface area contributed by atoms with Gasteiger partial charge in [0.05, 0.1) is 17.2 Å². The van der Waals surface area contributed by atoms with Gasteiger partial charge in [0.1, 0.15) is 29.3 Å². The summed E-state index contributed by atoms with van der Waals surface area (Å²) in [4.78, 5) is 54.9. The molecule has 3 aliphatic rings. The van der Waals surface area contributed by atoms with Crippen molar-refractivity contribution in [2.75, 3.05) is 26.2 Å². The number of rotatable bonds is 6. The van der Waals surface area contributed by atoms with Crippen LogP contribution < -0.4 is 5.32 Å². The summed E-state index contributed by atoms with van der Waals surface area (Å²) in [5.41, 5.74) is 1.61. The number of nitrogens with one attached hydrogen (secondary N) is 1. The number of hydrogen-bond donors (Lipinski definition) is 1. The van der Waals surface area contributed by atoms with Gasteiger partial charge in [0.25, 0.3) is 11.8 Å². The van der Waals surface area contributed by atoms with Gasteiger partial charge in [-0.05, 0) is 59.5 Å². The first-order chi connectivity index (χ1) is 20.6. The lowest BCUT2D eigenvalue weighted by Crippen LogP contribution is -2.54. The Morgan fingerprint density at radius 2 is 1.28 bits per heavy atom. The van der Waals surface area contributed by atoms with Gasteiger partial charge in [0, 0.05) is 51.3 Å². The van der Waals surface area contributed by atoms with Crippen LogP contribution in [0.1, 0.15) is 56.3 Å². The van der Waals surface area contributed by atoms with E-state index in [-0.39, 0.29) is 35.1 Å². The second-order valence-electron chi connectivity index (χ2n) is 10.9. The Morgan fingerprint density at radius 1 is 0.721 bits per heavy atom. The van der Waals surface area contributed by atoms with E-state index in [4.69, 9.17) is 0 Å². The zero-order valence-electron chi connectivity index (χ0n) is 22.8. The van der Waals surface area contributed by atoms with Crippen molar-refractivity contribution in [1.29, 1.82) is 0 Å². The van der Waals surface area contributed by atoms with E-state index in [0.717, 1.165) is 46.9 Å². The van der Waals surface area contributed by atoms with Crippen molar-refractivity contribution in [2.45, 2.75) is 31.5 Å². The molecule has 0 aliphatic carbocycles. The SMILES string of the molecule is O=C1CCC(N2C(=O)c3ccc(CN4CCN(C(c5cc(F)cc(F)c5)c5cc(F)cc(F)c5)CC4)cc3C2=O)C(=O)N1. The van der Waals surface area contributed by atoms with E-state index in [2.05, 4.69) is 10.2 Å². The number of benzene rings is 3. The Hall–Kier alpha value is -4.42. The number of carbonyl (C=O) groups is 4. The van der Waals surface area contributed by atoms with Crippen LogP contribution in [-0.4, -0.2) is 70.5 Å². The summed E-state index contributed by atoms with van der Waals surface area (Å²) in [6.07, 6.45) is 0.100. The lowest BCUT2D eigenvalue weighted by Gasteiger charge is -2.40. The highest BCUT2D eigenvalue weighted by molar-refractivity contribution is 6.23. The Bertz CT molecular complexity index is 1560. The lowest BCUT2D eigenvalue weighted by molar-refractivity contribution is -0.136. The molecular weight excluding hydrogens is 568 g/mol. The maximum absolute atomic E-state index is 14.1. The van der Waals surface area contributed by atoms with Gasteiger partial charge in [0.15, 0.2) is 0 Å². The Morgan fingerprint density at radius 3 is 1.84 bits per heavy atom. The van der Waals surface area contributed by atoms with Crippen LogP contribution in [0, 0.1) is 23.3 Å². The number of piperazine rings is 1. The molecule has 1 atom stereocenters. The third-order valence-electron chi connectivity index (χ3n) is 8.08. The topological polar surface area (TPSA) is 90.0 Å². The van der Waals surface area contributed by atoms with E-state index >= 15 is 0 Å². The van der Waals surface area contributed by atoms with Crippen molar-refractivity contribution in [3.8, 4) is 0 Å². The molecule has 1 N–H and O–H groups in total. The van der Waals surface area contributed by atoms with Gasteiger partial charge in [0.2, 0.25) is 11.8 Å². The van der Waals surface area contributed by atoms with Crippen molar-refractivity contribution in [3.63, 3.8) is 0 Å². The monoisotopic (exact) mass is 594 g/mol. The van der Waals surface area contributed by atoms with Crippen LogP contribution in [0.15, 0.2) is 54.6 Å². The number of fused-ring (bicyclic) bond motifs is 1. The van der Waals surface area contributed by atoms with Gasteiger partial charge >= 0.3 is 0 Å².